The average Bonchev–Trinajstić information content (AvgIpc) is 2.69. The fourth-order valence-corrected chi connectivity index (χ4v) is 2.45. The van der Waals surface area contributed by atoms with Crippen LogP contribution in [0.15, 0.2) is 67.0 Å². The molecule has 1 aromatic heterocycles. The van der Waals surface area contributed by atoms with Crippen LogP contribution in [0.2, 0.25) is 0 Å². The Morgan fingerprint density at radius 2 is 1.85 bits per heavy atom. The second kappa shape index (κ2) is 7.90. The normalized spacial score (nSPS) is 10.0. The standard InChI is InChI=1S/C20H17N5O/c1-25(14-15-6-3-2-4-7-15)19(26)17-12-22-20(23-13-17)24-18-9-5-8-16(10-18)11-21/h2-10,12-13H,14H2,1H3,(H,22,23,24). The molecular weight excluding hydrogens is 326 g/mol. The molecule has 2 aromatic carbocycles. The maximum Gasteiger partial charge on any atom is 0.257 e. The molecule has 0 saturated heterocycles. The van der Waals surface area contributed by atoms with Crippen molar-refractivity contribution >= 4 is 17.5 Å². The zero-order valence-electron chi connectivity index (χ0n) is 14.3. The van der Waals surface area contributed by atoms with Gasteiger partial charge < -0.3 is 10.2 Å². The monoisotopic (exact) mass is 343 g/mol. The highest BCUT2D eigenvalue weighted by molar-refractivity contribution is 5.93. The van der Waals surface area contributed by atoms with Crippen molar-refractivity contribution in [2.45, 2.75) is 6.54 Å². The van der Waals surface area contributed by atoms with E-state index in [-0.39, 0.29) is 5.91 Å². The predicted molar refractivity (Wildman–Crippen MR) is 98.7 cm³/mol. The molecule has 3 rings (SSSR count). The third-order valence-electron chi connectivity index (χ3n) is 3.76. The highest BCUT2D eigenvalue weighted by atomic mass is 16.2. The first-order chi connectivity index (χ1) is 12.7. The number of hydrogen-bond donors (Lipinski definition) is 1. The summed E-state index contributed by atoms with van der Waals surface area (Å²) in [7, 11) is 1.74. The Balaban J connectivity index is 1.66. The van der Waals surface area contributed by atoms with Crippen molar-refractivity contribution in [2.75, 3.05) is 12.4 Å². The van der Waals surface area contributed by atoms with Gasteiger partial charge in [0, 0.05) is 31.7 Å². The Morgan fingerprint density at radius 3 is 2.54 bits per heavy atom. The molecule has 0 aliphatic carbocycles. The molecule has 0 spiro atoms. The second-order valence-corrected chi connectivity index (χ2v) is 5.76. The summed E-state index contributed by atoms with van der Waals surface area (Å²) in [6.07, 6.45) is 2.99. The molecule has 0 atom stereocenters. The van der Waals surface area contributed by atoms with Gasteiger partial charge in [-0.25, -0.2) is 9.97 Å². The number of anilines is 2. The lowest BCUT2D eigenvalue weighted by Crippen LogP contribution is -2.26. The molecule has 0 saturated carbocycles. The molecule has 26 heavy (non-hydrogen) atoms. The summed E-state index contributed by atoms with van der Waals surface area (Å²) in [4.78, 5) is 22.5. The number of carbonyl (C=O) groups excluding carboxylic acids is 1. The lowest BCUT2D eigenvalue weighted by Gasteiger charge is -2.17. The van der Waals surface area contributed by atoms with Crippen LogP contribution >= 0.6 is 0 Å². The molecular formula is C20H17N5O. The van der Waals surface area contributed by atoms with Crippen LogP contribution in [0.5, 0.6) is 0 Å². The fourth-order valence-electron chi connectivity index (χ4n) is 2.45. The van der Waals surface area contributed by atoms with Crippen molar-refractivity contribution in [2.24, 2.45) is 0 Å². The molecule has 0 aliphatic rings. The van der Waals surface area contributed by atoms with E-state index in [4.69, 9.17) is 5.26 Å². The summed E-state index contributed by atoms with van der Waals surface area (Å²) in [5.74, 6) is 0.217. The number of benzene rings is 2. The summed E-state index contributed by atoms with van der Waals surface area (Å²) >= 11 is 0. The zero-order chi connectivity index (χ0) is 18.4. The molecule has 0 unspecified atom stereocenters. The first kappa shape index (κ1) is 17.1. The first-order valence-corrected chi connectivity index (χ1v) is 8.04. The van der Waals surface area contributed by atoms with Crippen molar-refractivity contribution in [3.05, 3.63) is 83.7 Å². The number of nitrogens with zero attached hydrogens (tertiary/aromatic N) is 4. The maximum absolute atomic E-state index is 12.5. The van der Waals surface area contributed by atoms with E-state index in [0.29, 0.717) is 29.3 Å². The minimum Gasteiger partial charge on any atom is -0.337 e. The maximum atomic E-state index is 12.5. The molecule has 0 fully saturated rings. The van der Waals surface area contributed by atoms with E-state index in [9.17, 15) is 4.79 Å². The van der Waals surface area contributed by atoms with Gasteiger partial charge in [0.2, 0.25) is 5.95 Å². The zero-order valence-corrected chi connectivity index (χ0v) is 14.3. The van der Waals surface area contributed by atoms with E-state index in [1.807, 2.05) is 36.4 Å². The van der Waals surface area contributed by atoms with E-state index < -0.39 is 0 Å². The SMILES string of the molecule is CN(Cc1ccccc1)C(=O)c1cnc(Nc2cccc(C#N)c2)nc1. The fraction of sp³-hybridized carbons (Fsp3) is 0.100. The highest BCUT2D eigenvalue weighted by Crippen LogP contribution is 2.15. The van der Waals surface area contributed by atoms with E-state index >= 15 is 0 Å². The third-order valence-corrected chi connectivity index (χ3v) is 3.76. The van der Waals surface area contributed by atoms with Crippen molar-refractivity contribution in [3.8, 4) is 6.07 Å². The van der Waals surface area contributed by atoms with Crippen LogP contribution in [0, 0.1) is 11.3 Å². The molecule has 1 heterocycles. The molecule has 0 radical (unpaired) electrons. The van der Waals surface area contributed by atoms with E-state index in [1.165, 1.54) is 12.4 Å². The summed E-state index contributed by atoms with van der Waals surface area (Å²) in [6.45, 7) is 0.515. The number of amides is 1. The number of rotatable bonds is 5. The van der Waals surface area contributed by atoms with Crippen molar-refractivity contribution in [1.29, 1.82) is 5.26 Å². The van der Waals surface area contributed by atoms with Crippen LogP contribution in [-0.2, 0) is 6.54 Å². The molecule has 6 nitrogen and oxygen atoms in total. The average molecular weight is 343 g/mol. The Hall–Kier alpha value is -3.72. The minimum absolute atomic E-state index is 0.146. The van der Waals surface area contributed by atoms with Gasteiger partial charge in [0.1, 0.15) is 0 Å². The van der Waals surface area contributed by atoms with Gasteiger partial charge in [-0.3, -0.25) is 4.79 Å². The lowest BCUT2D eigenvalue weighted by molar-refractivity contribution is 0.0784. The van der Waals surface area contributed by atoms with Crippen LogP contribution in [0.3, 0.4) is 0 Å². The largest absolute Gasteiger partial charge is 0.337 e. The summed E-state index contributed by atoms with van der Waals surface area (Å²) in [5, 5.41) is 11.9. The number of carbonyl (C=O) groups is 1. The number of hydrogen-bond acceptors (Lipinski definition) is 5. The Morgan fingerprint density at radius 1 is 1.12 bits per heavy atom. The Bertz CT molecular complexity index is 932. The van der Waals surface area contributed by atoms with Crippen LogP contribution in [0.25, 0.3) is 0 Å². The molecule has 1 amide bonds. The Labute approximate surface area is 151 Å². The van der Waals surface area contributed by atoms with Gasteiger partial charge in [0.05, 0.1) is 17.2 Å². The highest BCUT2D eigenvalue weighted by Gasteiger charge is 2.13. The predicted octanol–water partition coefficient (Wildman–Crippen LogP) is 3.36. The molecule has 0 aliphatic heterocycles. The second-order valence-electron chi connectivity index (χ2n) is 5.76. The van der Waals surface area contributed by atoms with Crippen molar-refractivity contribution in [3.63, 3.8) is 0 Å². The van der Waals surface area contributed by atoms with Gasteiger partial charge in [0.15, 0.2) is 0 Å². The summed E-state index contributed by atoms with van der Waals surface area (Å²) in [5.41, 5.74) is 2.73. The van der Waals surface area contributed by atoms with Crippen LogP contribution in [0.1, 0.15) is 21.5 Å². The van der Waals surface area contributed by atoms with Gasteiger partial charge in [-0.2, -0.15) is 5.26 Å². The van der Waals surface area contributed by atoms with Crippen LogP contribution in [-0.4, -0.2) is 27.8 Å². The van der Waals surface area contributed by atoms with Crippen LogP contribution in [0.4, 0.5) is 11.6 Å². The van der Waals surface area contributed by atoms with Gasteiger partial charge >= 0.3 is 0 Å². The minimum atomic E-state index is -0.146. The Kier molecular flexibility index (Phi) is 5.20. The third kappa shape index (κ3) is 4.22. The van der Waals surface area contributed by atoms with E-state index in [0.717, 1.165) is 5.56 Å². The summed E-state index contributed by atoms with van der Waals surface area (Å²) < 4.78 is 0. The first-order valence-electron chi connectivity index (χ1n) is 8.04. The van der Waals surface area contributed by atoms with Crippen molar-refractivity contribution in [1.82, 2.24) is 14.9 Å². The van der Waals surface area contributed by atoms with Gasteiger partial charge in [-0.05, 0) is 23.8 Å². The number of nitriles is 1. The smallest absolute Gasteiger partial charge is 0.257 e. The quantitative estimate of drug-likeness (QED) is 0.768. The lowest BCUT2D eigenvalue weighted by atomic mass is 10.2. The van der Waals surface area contributed by atoms with Gasteiger partial charge in [-0.1, -0.05) is 36.4 Å². The number of aromatic nitrogens is 2. The van der Waals surface area contributed by atoms with E-state index in [2.05, 4.69) is 21.4 Å². The van der Waals surface area contributed by atoms with E-state index in [1.54, 1.807) is 30.1 Å². The number of nitrogens with one attached hydrogen (secondary N) is 1. The van der Waals surface area contributed by atoms with Gasteiger partial charge in [0.25, 0.3) is 5.91 Å². The molecule has 128 valence electrons. The molecule has 3 aromatic rings. The van der Waals surface area contributed by atoms with Gasteiger partial charge in [-0.15, -0.1) is 0 Å². The van der Waals surface area contributed by atoms with Crippen LogP contribution < -0.4 is 5.32 Å². The molecule has 1 N–H and O–H groups in total. The molecule has 6 heteroatoms. The topological polar surface area (TPSA) is 81.9 Å². The molecule has 0 bridgehead atoms. The van der Waals surface area contributed by atoms with Crippen molar-refractivity contribution < 1.29 is 4.79 Å². The summed E-state index contributed by atoms with van der Waals surface area (Å²) in [6, 6.07) is 18.9.